The van der Waals surface area contributed by atoms with E-state index >= 15 is 0 Å². The fourth-order valence-corrected chi connectivity index (χ4v) is 3.77. The Morgan fingerprint density at radius 1 is 1.21 bits per heavy atom. The number of carbonyl (C=O) groups is 1. The van der Waals surface area contributed by atoms with Gasteiger partial charge in [-0.05, 0) is 52.5 Å². The molecular weight excluding hydrogens is 481 g/mol. The predicted molar refractivity (Wildman–Crippen MR) is 127 cm³/mol. The lowest BCUT2D eigenvalue weighted by Gasteiger charge is -2.29. The number of halogens is 1. The molecule has 160 valence electrons. The topological polar surface area (TPSA) is 75.9 Å². The van der Waals surface area contributed by atoms with E-state index in [1.165, 1.54) is 0 Å². The molecule has 1 aromatic heterocycles. The Morgan fingerprint density at radius 3 is 2.59 bits per heavy atom. The van der Waals surface area contributed by atoms with Crippen molar-refractivity contribution in [1.29, 1.82) is 0 Å². The van der Waals surface area contributed by atoms with Crippen LogP contribution in [0.15, 0.2) is 33.7 Å². The number of aryl methyl sites for hydroxylation is 1. The van der Waals surface area contributed by atoms with Gasteiger partial charge in [0, 0.05) is 23.5 Å². The number of hydrogen-bond donors (Lipinski definition) is 2. The first kappa shape index (κ1) is 23.5. The third-order valence-electron chi connectivity index (χ3n) is 5.36. The van der Waals surface area contributed by atoms with Gasteiger partial charge in [0.15, 0.2) is 5.96 Å². The first-order valence-corrected chi connectivity index (χ1v) is 10.3. The molecule has 2 N–H and O–H groups in total. The van der Waals surface area contributed by atoms with E-state index < -0.39 is 0 Å². The molecule has 0 unspecified atom stereocenters. The minimum Gasteiger partial charge on any atom is -0.466 e. The summed E-state index contributed by atoms with van der Waals surface area (Å²) in [6, 6.07) is 8.39. The van der Waals surface area contributed by atoms with Crippen LogP contribution in [0.1, 0.15) is 50.9 Å². The molecule has 0 radical (unpaired) electrons. The number of fused-ring (bicyclic) bond motifs is 1. The maximum Gasteiger partial charge on any atom is 0.308 e. The lowest BCUT2D eigenvalue weighted by Crippen LogP contribution is -2.45. The van der Waals surface area contributed by atoms with Gasteiger partial charge in [0.05, 0.1) is 12.5 Å². The fraction of sp³-hybridized carbons (Fsp3) is 0.545. The summed E-state index contributed by atoms with van der Waals surface area (Å²) in [6.07, 6.45) is 3.60. The zero-order chi connectivity index (χ0) is 19.9. The van der Waals surface area contributed by atoms with Gasteiger partial charge in [-0.1, -0.05) is 18.2 Å². The molecule has 0 atom stereocenters. The summed E-state index contributed by atoms with van der Waals surface area (Å²) in [5.74, 6) is 1.67. The molecule has 2 aromatic rings. The Hall–Kier alpha value is -1.77. The number of carbonyl (C=O) groups excluding carboxylic acids is 1. The van der Waals surface area contributed by atoms with Gasteiger partial charge in [0.2, 0.25) is 0 Å². The van der Waals surface area contributed by atoms with Crippen molar-refractivity contribution in [2.24, 2.45) is 10.9 Å². The Morgan fingerprint density at radius 2 is 1.93 bits per heavy atom. The van der Waals surface area contributed by atoms with Gasteiger partial charge in [-0.25, -0.2) is 4.99 Å². The number of nitrogens with one attached hydrogen (secondary N) is 2. The number of rotatable bonds is 6. The SMILES string of the molecule is CCNC(=NCc1oc2ccccc2c1C)NC1CCC(C(=O)OCC)CC1.I. The van der Waals surface area contributed by atoms with E-state index in [2.05, 4.69) is 30.5 Å². The molecule has 1 aromatic carbocycles. The molecule has 0 bridgehead atoms. The van der Waals surface area contributed by atoms with Gasteiger partial charge < -0.3 is 19.8 Å². The minimum absolute atomic E-state index is 0. The molecule has 1 saturated carbocycles. The summed E-state index contributed by atoms with van der Waals surface area (Å²) in [4.78, 5) is 16.6. The highest BCUT2D eigenvalue weighted by molar-refractivity contribution is 14.0. The first-order chi connectivity index (χ1) is 13.6. The van der Waals surface area contributed by atoms with Crippen molar-refractivity contribution in [3.05, 3.63) is 35.6 Å². The van der Waals surface area contributed by atoms with Crippen LogP contribution < -0.4 is 10.6 Å². The van der Waals surface area contributed by atoms with Crippen molar-refractivity contribution < 1.29 is 13.9 Å². The quantitative estimate of drug-likeness (QED) is 0.257. The van der Waals surface area contributed by atoms with Crippen LogP contribution in [-0.4, -0.2) is 31.1 Å². The standard InChI is InChI=1S/C22H31N3O3.HI/c1-4-23-22(25-17-12-10-16(11-13-17)21(26)27-5-2)24-14-20-15(3)18-8-6-7-9-19(18)28-20;/h6-9,16-17H,4-5,10-14H2,1-3H3,(H2,23,24,25);1H. The normalized spacial score (nSPS) is 19.5. The van der Waals surface area contributed by atoms with Crippen molar-refractivity contribution in [3.63, 3.8) is 0 Å². The van der Waals surface area contributed by atoms with Crippen molar-refractivity contribution in [2.75, 3.05) is 13.2 Å². The number of hydrogen-bond acceptors (Lipinski definition) is 4. The fourth-order valence-electron chi connectivity index (χ4n) is 3.77. The summed E-state index contributed by atoms with van der Waals surface area (Å²) in [6.45, 7) is 7.73. The van der Waals surface area contributed by atoms with E-state index in [9.17, 15) is 4.79 Å². The molecule has 1 aliphatic rings. The van der Waals surface area contributed by atoms with Gasteiger partial charge in [0.25, 0.3) is 0 Å². The molecule has 29 heavy (non-hydrogen) atoms. The monoisotopic (exact) mass is 513 g/mol. The van der Waals surface area contributed by atoms with Crippen LogP contribution in [-0.2, 0) is 16.1 Å². The summed E-state index contributed by atoms with van der Waals surface area (Å²) < 4.78 is 11.1. The van der Waals surface area contributed by atoms with E-state index in [0.29, 0.717) is 19.2 Å². The molecule has 7 heteroatoms. The maximum absolute atomic E-state index is 11.9. The number of nitrogens with zero attached hydrogens (tertiary/aromatic N) is 1. The Kier molecular flexibility index (Phi) is 9.26. The van der Waals surface area contributed by atoms with Crippen LogP contribution in [0.4, 0.5) is 0 Å². The number of para-hydroxylation sites is 1. The van der Waals surface area contributed by atoms with Crippen LogP contribution in [0, 0.1) is 12.8 Å². The smallest absolute Gasteiger partial charge is 0.308 e. The van der Waals surface area contributed by atoms with Gasteiger partial charge in [-0.3, -0.25) is 4.79 Å². The van der Waals surface area contributed by atoms with Gasteiger partial charge in [0.1, 0.15) is 17.9 Å². The van der Waals surface area contributed by atoms with Crippen LogP contribution in [0.25, 0.3) is 11.0 Å². The summed E-state index contributed by atoms with van der Waals surface area (Å²) in [7, 11) is 0. The number of ether oxygens (including phenoxy) is 1. The lowest BCUT2D eigenvalue weighted by atomic mass is 9.86. The Bertz CT molecular complexity index is 826. The molecule has 0 amide bonds. The molecular formula is C22H32IN3O3. The van der Waals surface area contributed by atoms with Crippen molar-refractivity contribution in [1.82, 2.24) is 10.6 Å². The van der Waals surface area contributed by atoms with E-state index in [1.54, 1.807) is 0 Å². The third-order valence-corrected chi connectivity index (χ3v) is 5.36. The highest BCUT2D eigenvalue weighted by Crippen LogP contribution is 2.26. The van der Waals surface area contributed by atoms with Crippen LogP contribution in [0.5, 0.6) is 0 Å². The number of furan rings is 1. The van der Waals surface area contributed by atoms with Gasteiger partial charge >= 0.3 is 5.97 Å². The average Bonchev–Trinajstić information content (AvgIpc) is 3.03. The Labute approximate surface area is 189 Å². The zero-order valence-electron chi connectivity index (χ0n) is 17.5. The first-order valence-electron chi connectivity index (χ1n) is 10.3. The lowest BCUT2D eigenvalue weighted by molar-refractivity contribution is -0.149. The van der Waals surface area contributed by atoms with E-state index in [-0.39, 0.29) is 35.9 Å². The second kappa shape index (κ2) is 11.4. The molecule has 1 fully saturated rings. The van der Waals surface area contributed by atoms with Crippen LogP contribution in [0.2, 0.25) is 0 Å². The van der Waals surface area contributed by atoms with Crippen LogP contribution >= 0.6 is 24.0 Å². The average molecular weight is 513 g/mol. The van der Waals surface area contributed by atoms with E-state index in [4.69, 9.17) is 14.1 Å². The Balaban J connectivity index is 0.00000300. The third kappa shape index (κ3) is 6.10. The number of guanidine groups is 1. The zero-order valence-corrected chi connectivity index (χ0v) is 19.8. The minimum atomic E-state index is -0.0538. The molecule has 6 nitrogen and oxygen atoms in total. The summed E-state index contributed by atoms with van der Waals surface area (Å²) >= 11 is 0. The van der Waals surface area contributed by atoms with E-state index in [1.807, 2.05) is 25.1 Å². The molecule has 0 spiro atoms. The van der Waals surface area contributed by atoms with Gasteiger partial charge in [-0.2, -0.15) is 0 Å². The second-order valence-corrected chi connectivity index (χ2v) is 7.29. The van der Waals surface area contributed by atoms with Crippen molar-refractivity contribution >= 4 is 46.9 Å². The molecule has 1 aliphatic carbocycles. The second-order valence-electron chi connectivity index (χ2n) is 7.29. The number of esters is 1. The highest BCUT2D eigenvalue weighted by atomic mass is 127. The molecule has 0 aliphatic heterocycles. The largest absolute Gasteiger partial charge is 0.466 e. The summed E-state index contributed by atoms with van der Waals surface area (Å²) in [5.41, 5.74) is 2.05. The van der Waals surface area contributed by atoms with Crippen molar-refractivity contribution in [3.8, 4) is 0 Å². The van der Waals surface area contributed by atoms with Gasteiger partial charge in [-0.15, -0.1) is 24.0 Å². The summed E-state index contributed by atoms with van der Waals surface area (Å²) in [5, 5.41) is 7.97. The van der Waals surface area contributed by atoms with Crippen LogP contribution in [0.3, 0.4) is 0 Å². The molecule has 3 rings (SSSR count). The van der Waals surface area contributed by atoms with Crippen molar-refractivity contribution in [2.45, 2.75) is 59.0 Å². The van der Waals surface area contributed by atoms with E-state index in [0.717, 1.165) is 60.5 Å². The molecule has 1 heterocycles. The highest BCUT2D eigenvalue weighted by Gasteiger charge is 2.27. The number of benzene rings is 1. The maximum atomic E-state index is 11.9. The molecule has 0 saturated heterocycles. The number of aliphatic imine (C=N–C) groups is 1. The predicted octanol–water partition coefficient (Wildman–Crippen LogP) is 4.54.